The van der Waals surface area contributed by atoms with Crippen LogP contribution in [-0.2, 0) is 0 Å². The number of aromatic nitrogens is 1. The number of pyridine rings is 1. The fourth-order valence-corrected chi connectivity index (χ4v) is 3.06. The minimum Gasteiger partial charge on any atom is -0.505 e. The Morgan fingerprint density at radius 1 is 1.29 bits per heavy atom. The summed E-state index contributed by atoms with van der Waals surface area (Å²) in [4.78, 5) is 16.5. The maximum absolute atomic E-state index is 12.4. The lowest BCUT2D eigenvalue weighted by Crippen LogP contribution is -2.57. The molecule has 0 aromatic carbocycles. The van der Waals surface area contributed by atoms with E-state index in [0.29, 0.717) is 4.99 Å². The van der Waals surface area contributed by atoms with Crippen molar-refractivity contribution in [2.24, 2.45) is 5.73 Å². The molecule has 0 aliphatic heterocycles. The van der Waals surface area contributed by atoms with Crippen LogP contribution in [0.1, 0.15) is 55.3 Å². The molecule has 4 N–H and O–H groups in total. The highest BCUT2D eigenvalue weighted by Gasteiger charge is 2.35. The predicted octanol–water partition coefficient (Wildman–Crippen LogP) is 2.29. The highest BCUT2D eigenvalue weighted by Crippen LogP contribution is 2.28. The third-order valence-corrected chi connectivity index (χ3v) is 4.47. The predicted molar refractivity (Wildman–Crippen MR) is 85.2 cm³/mol. The van der Waals surface area contributed by atoms with Gasteiger partial charge >= 0.3 is 0 Å². The van der Waals surface area contributed by atoms with E-state index in [4.69, 9.17) is 18.0 Å². The average Bonchev–Trinajstić information content (AvgIpc) is 2.42. The van der Waals surface area contributed by atoms with E-state index >= 15 is 0 Å². The molecule has 1 aromatic heterocycles. The monoisotopic (exact) mass is 307 g/mol. The summed E-state index contributed by atoms with van der Waals surface area (Å²) < 4.78 is 0. The summed E-state index contributed by atoms with van der Waals surface area (Å²) >= 11 is 5.22. The summed E-state index contributed by atoms with van der Waals surface area (Å²) in [5, 5.41) is 12.7. The molecule has 1 saturated carbocycles. The van der Waals surface area contributed by atoms with Crippen molar-refractivity contribution in [1.29, 1.82) is 0 Å². The van der Waals surface area contributed by atoms with E-state index < -0.39 is 5.54 Å². The van der Waals surface area contributed by atoms with Gasteiger partial charge in [-0.1, -0.05) is 44.3 Å². The van der Waals surface area contributed by atoms with Crippen LogP contribution in [0, 0.1) is 0 Å². The van der Waals surface area contributed by atoms with Gasteiger partial charge in [-0.05, 0) is 18.9 Å². The van der Waals surface area contributed by atoms with Crippen LogP contribution in [0.5, 0.6) is 5.75 Å². The number of hydrogen-bond acceptors (Lipinski definition) is 4. The topological polar surface area (TPSA) is 88.2 Å². The lowest BCUT2D eigenvalue weighted by Gasteiger charge is -2.35. The van der Waals surface area contributed by atoms with E-state index in [9.17, 15) is 9.90 Å². The first-order valence-corrected chi connectivity index (χ1v) is 7.71. The van der Waals surface area contributed by atoms with Gasteiger partial charge in [-0.3, -0.25) is 9.78 Å². The standard InChI is InChI=1S/C15H21N3O2S/c16-14(21)15(7-4-2-1-3-5-8-15)18-13(20)11-6-9-17-10-12(11)19/h6,9-10,19H,1-5,7-8H2,(H2,16,21)(H,18,20). The van der Waals surface area contributed by atoms with Crippen molar-refractivity contribution < 1.29 is 9.90 Å². The fourth-order valence-electron chi connectivity index (χ4n) is 2.80. The summed E-state index contributed by atoms with van der Waals surface area (Å²) in [6.45, 7) is 0. The second-order valence-electron chi connectivity index (χ2n) is 5.56. The Morgan fingerprint density at radius 3 is 2.48 bits per heavy atom. The second-order valence-corrected chi connectivity index (χ2v) is 6.00. The van der Waals surface area contributed by atoms with Crippen LogP contribution < -0.4 is 11.1 Å². The van der Waals surface area contributed by atoms with Crippen LogP contribution in [-0.4, -0.2) is 26.5 Å². The van der Waals surface area contributed by atoms with Crippen molar-refractivity contribution in [2.45, 2.75) is 50.5 Å². The van der Waals surface area contributed by atoms with Crippen LogP contribution in [0.4, 0.5) is 0 Å². The molecule has 1 amide bonds. The lowest BCUT2D eigenvalue weighted by atomic mass is 9.83. The number of rotatable bonds is 3. The first-order chi connectivity index (χ1) is 10.1. The number of hydrogen-bond donors (Lipinski definition) is 3. The lowest BCUT2D eigenvalue weighted by molar-refractivity contribution is 0.0910. The zero-order valence-electron chi connectivity index (χ0n) is 12.0. The Kier molecular flexibility index (Phi) is 5.12. The van der Waals surface area contributed by atoms with E-state index in [2.05, 4.69) is 10.3 Å². The van der Waals surface area contributed by atoms with E-state index in [1.165, 1.54) is 24.9 Å². The van der Waals surface area contributed by atoms with Crippen molar-refractivity contribution in [3.8, 4) is 5.75 Å². The van der Waals surface area contributed by atoms with E-state index in [1.54, 1.807) is 0 Å². The van der Waals surface area contributed by atoms with Crippen molar-refractivity contribution in [3.63, 3.8) is 0 Å². The second kappa shape index (κ2) is 6.85. The Balaban J connectivity index is 2.21. The average molecular weight is 307 g/mol. The quantitative estimate of drug-likeness (QED) is 0.746. The van der Waals surface area contributed by atoms with Crippen molar-refractivity contribution in [2.75, 3.05) is 0 Å². The van der Waals surface area contributed by atoms with Crippen LogP contribution in [0.15, 0.2) is 18.5 Å². The van der Waals surface area contributed by atoms with Crippen LogP contribution >= 0.6 is 12.2 Å². The van der Waals surface area contributed by atoms with Gasteiger partial charge in [0.2, 0.25) is 0 Å². The number of aromatic hydroxyl groups is 1. The molecule has 114 valence electrons. The van der Waals surface area contributed by atoms with Gasteiger partial charge < -0.3 is 16.2 Å². The molecule has 1 aliphatic rings. The molecule has 0 saturated heterocycles. The third-order valence-electron chi connectivity index (χ3n) is 4.08. The third kappa shape index (κ3) is 3.69. The number of carbonyl (C=O) groups excluding carboxylic acids is 1. The number of carbonyl (C=O) groups is 1. The van der Waals surface area contributed by atoms with Crippen molar-refractivity contribution in [1.82, 2.24) is 10.3 Å². The molecule has 1 fully saturated rings. The molecule has 0 bridgehead atoms. The number of amides is 1. The van der Waals surface area contributed by atoms with Crippen LogP contribution in [0.3, 0.4) is 0 Å². The first-order valence-electron chi connectivity index (χ1n) is 7.30. The van der Waals surface area contributed by atoms with Crippen LogP contribution in [0.2, 0.25) is 0 Å². The maximum atomic E-state index is 12.4. The summed E-state index contributed by atoms with van der Waals surface area (Å²) in [6.07, 6.45) is 9.66. The molecule has 1 aromatic rings. The smallest absolute Gasteiger partial charge is 0.255 e. The molecule has 1 heterocycles. The highest BCUT2D eigenvalue weighted by atomic mass is 32.1. The molecule has 5 nitrogen and oxygen atoms in total. The Morgan fingerprint density at radius 2 is 1.90 bits per heavy atom. The molecule has 0 unspecified atom stereocenters. The van der Waals surface area contributed by atoms with Crippen LogP contribution in [0.25, 0.3) is 0 Å². The normalized spacial score (nSPS) is 18.3. The SMILES string of the molecule is NC(=S)C1(NC(=O)c2ccncc2O)CCCCCCC1. The van der Waals surface area contributed by atoms with Gasteiger partial charge in [0.15, 0.2) is 0 Å². The highest BCUT2D eigenvalue weighted by molar-refractivity contribution is 7.80. The number of thiocarbonyl (C=S) groups is 1. The Hall–Kier alpha value is -1.69. The van der Waals surface area contributed by atoms with E-state index in [1.807, 2.05) is 0 Å². The minimum atomic E-state index is -0.650. The molecular weight excluding hydrogens is 286 g/mol. The molecular formula is C15H21N3O2S. The Bertz CT molecular complexity index is 525. The van der Waals surface area contributed by atoms with Gasteiger partial charge in [0, 0.05) is 6.20 Å². The number of nitrogens with two attached hydrogens (primary N) is 1. The molecule has 1 aliphatic carbocycles. The summed E-state index contributed by atoms with van der Waals surface area (Å²) in [5.41, 5.74) is 5.48. The molecule has 2 rings (SSSR count). The summed E-state index contributed by atoms with van der Waals surface area (Å²) in [7, 11) is 0. The zero-order valence-corrected chi connectivity index (χ0v) is 12.8. The first kappa shape index (κ1) is 15.7. The van der Waals surface area contributed by atoms with Gasteiger partial charge in [-0.2, -0.15) is 0 Å². The van der Waals surface area contributed by atoms with Crippen molar-refractivity contribution in [3.05, 3.63) is 24.0 Å². The van der Waals surface area contributed by atoms with Gasteiger partial charge in [0.05, 0.1) is 22.3 Å². The maximum Gasteiger partial charge on any atom is 0.255 e. The van der Waals surface area contributed by atoms with Crippen molar-refractivity contribution >= 4 is 23.1 Å². The molecule has 21 heavy (non-hydrogen) atoms. The van der Waals surface area contributed by atoms with Gasteiger partial charge in [-0.15, -0.1) is 0 Å². The molecule has 6 heteroatoms. The van der Waals surface area contributed by atoms with E-state index in [-0.39, 0.29) is 17.2 Å². The fraction of sp³-hybridized carbons (Fsp3) is 0.533. The number of nitrogens with zero attached hydrogens (tertiary/aromatic N) is 1. The minimum absolute atomic E-state index is 0.140. The molecule has 0 spiro atoms. The van der Waals surface area contributed by atoms with E-state index in [0.717, 1.165) is 38.5 Å². The summed E-state index contributed by atoms with van der Waals surface area (Å²) in [5.74, 6) is -0.498. The van der Waals surface area contributed by atoms with Gasteiger partial charge in [-0.25, -0.2) is 0 Å². The van der Waals surface area contributed by atoms with Gasteiger partial charge in [0.25, 0.3) is 5.91 Å². The zero-order chi connectivity index (χ0) is 15.3. The molecule has 0 radical (unpaired) electrons. The summed E-state index contributed by atoms with van der Waals surface area (Å²) in [6, 6.07) is 1.49. The largest absolute Gasteiger partial charge is 0.505 e. The molecule has 0 atom stereocenters. The number of nitrogens with one attached hydrogen (secondary N) is 1. The Labute approximate surface area is 129 Å². The van der Waals surface area contributed by atoms with Gasteiger partial charge in [0.1, 0.15) is 5.75 Å².